The molecule has 2 atom stereocenters. The summed E-state index contributed by atoms with van der Waals surface area (Å²) in [5, 5.41) is 10.6. The molecule has 4 heteroatoms. The lowest BCUT2D eigenvalue weighted by Crippen LogP contribution is -2.38. The molecule has 98 valence electrons. The largest absolute Gasteiger partial charge is 0.299 e. The first-order valence-electron chi connectivity index (χ1n) is 6.50. The van der Waals surface area contributed by atoms with E-state index in [0.29, 0.717) is 0 Å². The van der Waals surface area contributed by atoms with E-state index in [1.54, 1.807) is 12.1 Å². The molecule has 0 bridgehead atoms. The van der Waals surface area contributed by atoms with Gasteiger partial charge in [0, 0.05) is 31.8 Å². The van der Waals surface area contributed by atoms with Crippen LogP contribution >= 0.6 is 0 Å². The second-order valence-corrected chi connectivity index (χ2v) is 5.56. The smallest absolute Gasteiger partial charge is 0.269 e. The molecule has 0 radical (unpaired) electrons. The van der Waals surface area contributed by atoms with Crippen molar-refractivity contribution in [2.24, 2.45) is 11.8 Å². The van der Waals surface area contributed by atoms with E-state index in [2.05, 4.69) is 18.7 Å². The van der Waals surface area contributed by atoms with Gasteiger partial charge >= 0.3 is 0 Å². The summed E-state index contributed by atoms with van der Waals surface area (Å²) in [5.41, 5.74) is 1.32. The Balaban J connectivity index is 1.98. The predicted molar refractivity (Wildman–Crippen MR) is 71.3 cm³/mol. The molecule has 1 aliphatic heterocycles. The lowest BCUT2D eigenvalue weighted by molar-refractivity contribution is -0.384. The van der Waals surface area contributed by atoms with Crippen molar-refractivity contribution in [3.63, 3.8) is 0 Å². The zero-order chi connectivity index (χ0) is 13.1. The van der Waals surface area contributed by atoms with E-state index >= 15 is 0 Å². The van der Waals surface area contributed by atoms with E-state index in [1.165, 1.54) is 6.42 Å². The number of non-ortho nitro benzene ring substituents is 1. The normalized spacial score (nSPS) is 25.0. The number of nitro groups is 1. The van der Waals surface area contributed by atoms with Gasteiger partial charge in [-0.3, -0.25) is 15.0 Å². The highest BCUT2D eigenvalue weighted by Gasteiger charge is 2.21. The highest BCUT2D eigenvalue weighted by molar-refractivity contribution is 5.32. The number of rotatable bonds is 3. The quantitative estimate of drug-likeness (QED) is 0.610. The number of hydrogen-bond donors (Lipinski definition) is 0. The van der Waals surface area contributed by atoms with Crippen molar-refractivity contribution in [1.82, 2.24) is 4.90 Å². The van der Waals surface area contributed by atoms with Gasteiger partial charge in [0.25, 0.3) is 5.69 Å². The Labute approximate surface area is 108 Å². The molecular formula is C14H20N2O2. The molecule has 1 saturated heterocycles. The average Bonchev–Trinajstić information content (AvgIpc) is 2.28. The van der Waals surface area contributed by atoms with Gasteiger partial charge in [-0.25, -0.2) is 0 Å². The van der Waals surface area contributed by atoms with Crippen molar-refractivity contribution < 1.29 is 4.92 Å². The second kappa shape index (κ2) is 5.48. The summed E-state index contributed by atoms with van der Waals surface area (Å²) in [6.07, 6.45) is 1.30. The third-order valence-corrected chi connectivity index (χ3v) is 3.50. The standard InChI is InChI=1S/C14H20N2O2/c1-11-7-12(2)9-15(8-11)10-13-3-5-14(6-4-13)16(17)18/h3-6,11-12H,7-10H2,1-2H3/t11-,12+. The van der Waals surface area contributed by atoms with Crippen molar-refractivity contribution in [2.45, 2.75) is 26.8 Å². The first kappa shape index (κ1) is 13.0. The van der Waals surface area contributed by atoms with Crippen LogP contribution in [0.4, 0.5) is 5.69 Å². The van der Waals surface area contributed by atoms with E-state index in [-0.39, 0.29) is 10.6 Å². The average molecular weight is 248 g/mol. The molecule has 1 aliphatic rings. The number of nitro benzene ring substituents is 1. The molecule has 4 nitrogen and oxygen atoms in total. The number of hydrogen-bond acceptors (Lipinski definition) is 3. The van der Waals surface area contributed by atoms with E-state index in [4.69, 9.17) is 0 Å². The van der Waals surface area contributed by atoms with Gasteiger partial charge in [-0.15, -0.1) is 0 Å². The van der Waals surface area contributed by atoms with Crippen LogP contribution in [-0.2, 0) is 6.54 Å². The van der Waals surface area contributed by atoms with Crippen molar-refractivity contribution in [3.8, 4) is 0 Å². The fraction of sp³-hybridized carbons (Fsp3) is 0.571. The Morgan fingerprint density at radius 1 is 1.22 bits per heavy atom. The first-order valence-corrected chi connectivity index (χ1v) is 6.50. The molecule has 18 heavy (non-hydrogen) atoms. The van der Waals surface area contributed by atoms with Gasteiger partial charge in [0.2, 0.25) is 0 Å². The number of benzene rings is 1. The summed E-state index contributed by atoms with van der Waals surface area (Å²) >= 11 is 0. The zero-order valence-corrected chi connectivity index (χ0v) is 11.0. The molecule has 1 heterocycles. The van der Waals surface area contributed by atoms with Crippen LogP contribution in [0.15, 0.2) is 24.3 Å². The molecule has 0 spiro atoms. The van der Waals surface area contributed by atoms with E-state index in [9.17, 15) is 10.1 Å². The van der Waals surface area contributed by atoms with E-state index < -0.39 is 0 Å². The minimum Gasteiger partial charge on any atom is -0.299 e. The van der Waals surface area contributed by atoms with Crippen molar-refractivity contribution in [3.05, 3.63) is 39.9 Å². The fourth-order valence-electron chi connectivity index (χ4n) is 2.90. The maximum absolute atomic E-state index is 10.6. The van der Waals surface area contributed by atoms with Crippen LogP contribution in [0.2, 0.25) is 0 Å². The number of likely N-dealkylation sites (tertiary alicyclic amines) is 1. The third kappa shape index (κ3) is 3.29. The van der Waals surface area contributed by atoms with Gasteiger partial charge in [0.15, 0.2) is 0 Å². The third-order valence-electron chi connectivity index (χ3n) is 3.50. The van der Waals surface area contributed by atoms with Gasteiger partial charge in [0.1, 0.15) is 0 Å². The molecule has 0 amide bonds. The molecule has 0 aromatic heterocycles. The summed E-state index contributed by atoms with van der Waals surface area (Å²) < 4.78 is 0. The molecule has 0 unspecified atom stereocenters. The SMILES string of the molecule is C[C@@H]1C[C@H](C)CN(Cc2ccc([N+](=O)[O-])cc2)C1. The highest BCUT2D eigenvalue weighted by Crippen LogP contribution is 2.23. The summed E-state index contributed by atoms with van der Waals surface area (Å²) in [6, 6.07) is 6.91. The zero-order valence-electron chi connectivity index (χ0n) is 11.0. The topological polar surface area (TPSA) is 46.4 Å². The lowest BCUT2D eigenvalue weighted by Gasteiger charge is -2.34. The molecule has 0 aliphatic carbocycles. The number of nitrogens with zero attached hydrogens (tertiary/aromatic N) is 2. The molecule has 2 rings (SSSR count). The van der Waals surface area contributed by atoms with Gasteiger partial charge in [-0.2, -0.15) is 0 Å². The Bertz CT molecular complexity index is 406. The highest BCUT2D eigenvalue weighted by atomic mass is 16.6. The summed E-state index contributed by atoms with van der Waals surface area (Å²) in [5.74, 6) is 1.48. The van der Waals surface area contributed by atoms with Gasteiger partial charge in [-0.1, -0.05) is 26.0 Å². The minimum absolute atomic E-state index is 0.166. The van der Waals surface area contributed by atoms with Crippen LogP contribution in [0, 0.1) is 22.0 Å². The van der Waals surface area contributed by atoms with Gasteiger partial charge in [-0.05, 0) is 23.8 Å². The number of piperidine rings is 1. The summed E-state index contributed by atoms with van der Waals surface area (Å²) in [7, 11) is 0. The molecule has 0 saturated carbocycles. The van der Waals surface area contributed by atoms with Crippen LogP contribution in [-0.4, -0.2) is 22.9 Å². The molecule has 1 fully saturated rings. The van der Waals surface area contributed by atoms with Crippen LogP contribution < -0.4 is 0 Å². The van der Waals surface area contributed by atoms with Crippen LogP contribution in [0.3, 0.4) is 0 Å². The van der Waals surface area contributed by atoms with E-state index in [1.807, 2.05) is 12.1 Å². The molecule has 1 aromatic rings. The molecule has 0 N–H and O–H groups in total. The maximum atomic E-state index is 10.6. The molecular weight excluding hydrogens is 228 g/mol. The second-order valence-electron chi connectivity index (χ2n) is 5.56. The summed E-state index contributed by atoms with van der Waals surface area (Å²) in [6.45, 7) is 7.73. The fourth-order valence-corrected chi connectivity index (χ4v) is 2.90. The van der Waals surface area contributed by atoms with Gasteiger partial charge < -0.3 is 0 Å². The lowest BCUT2D eigenvalue weighted by atomic mass is 9.91. The Kier molecular flexibility index (Phi) is 3.97. The predicted octanol–water partition coefficient (Wildman–Crippen LogP) is 3.07. The minimum atomic E-state index is -0.352. The van der Waals surface area contributed by atoms with Crippen LogP contribution in [0.1, 0.15) is 25.8 Å². The summed E-state index contributed by atoms with van der Waals surface area (Å²) in [4.78, 5) is 12.7. The molecule has 1 aromatic carbocycles. The Hall–Kier alpha value is -1.42. The monoisotopic (exact) mass is 248 g/mol. The Morgan fingerprint density at radius 3 is 2.28 bits per heavy atom. The van der Waals surface area contributed by atoms with Crippen molar-refractivity contribution in [1.29, 1.82) is 0 Å². The first-order chi connectivity index (χ1) is 8.54. The maximum Gasteiger partial charge on any atom is 0.269 e. The van der Waals surface area contributed by atoms with Crippen molar-refractivity contribution in [2.75, 3.05) is 13.1 Å². The van der Waals surface area contributed by atoms with Crippen LogP contribution in [0.25, 0.3) is 0 Å². The Morgan fingerprint density at radius 2 is 1.78 bits per heavy atom. The van der Waals surface area contributed by atoms with E-state index in [0.717, 1.165) is 37.0 Å². The van der Waals surface area contributed by atoms with Crippen LogP contribution in [0.5, 0.6) is 0 Å². The van der Waals surface area contributed by atoms with Gasteiger partial charge in [0.05, 0.1) is 4.92 Å². The van der Waals surface area contributed by atoms with Crippen molar-refractivity contribution >= 4 is 5.69 Å².